The topological polar surface area (TPSA) is 38.3 Å². The second-order valence-corrected chi connectivity index (χ2v) is 5.50. The van der Waals surface area contributed by atoms with Gasteiger partial charge < -0.3 is 10.1 Å². The van der Waals surface area contributed by atoms with Gasteiger partial charge in [-0.2, -0.15) is 0 Å². The van der Waals surface area contributed by atoms with Gasteiger partial charge in [-0.05, 0) is 49.4 Å². The lowest BCUT2D eigenvalue weighted by Gasteiger charge is -2.12. The van der Waals surface area contributed by atoms with Crippen LogP contribution in [0.3, 0.4) is 0 Å². The Labute approximate surface area is 116 Å². The van der Waals surface area contributed by atoms with Gasteiger partial charge in [-0.25, -0.2) is 0 Å². The van der Waals surface area contributed by atoms with Crippen LogP contribution in [0.25, 0.3) is 0 Å². The molecule has 0 heterocycles. The molecule has 3 heteroatoms. The van der Waals surface area contributed by atoms with Crippen LogP contribution in [-0.2, 0) is 4.79 Å². The first-order valence-corrected chi connectivity index (χ1v) is 6.87. The summed E-state index contributed by atoms with van der Waals surface area (Å²) < 4.78 is 5.71. The van der Waals surface area contributed by atoms with Crippen molar-refractivity contribution in [1.29, 1.82) is 0 Å². The molecule has 0 bridgehead atoms. The highest BCUT2D eigenvalue weighted by Crippen LogP contribution is 2.22. The van der Waals surface area contributed by atoms with E-state index >= 15 is 0 Å². The van der Waals surface area contributed by atoms with E-state index in [0.29, 0.717) is 25.5 Å². The molecule has 3 nitrogen and oxygen atoms in total. The lowest BCUT2D eigenvalue weighted by atomic mass is 10.1. The van der Waals surface area contributed by atoms with Crippen LogP contribution < -0.4 is 10.1 Å². The Hall–Kier alpha value is -1.51. The van der Waals surface area contributed by atoms with Crippen LogP contribution in [0.2, 0.25) is 0 Å². The summed E-state index contributed by atoms with van der Waals surface area (Å²) in [5.74, 6) is 1.39. The fourth-order valence-electron chi connectivity index (χ4n) is 1.88. The van der Waals surface area contributed by atoms with Crippen LogP contribution in [0.4, 0.5) is 0 Å². The monoisotopic (exact) mass is 263 g/mol. The highest BCUT2D eigenvalue weighted by atomic mass is 16.5. The minimum atomic E-state index is 0.0930. The fraction of sp³-hybridized carbons (Fsp3) is 0.562. The van der Waals surface area contributed by atoms with Crippen LogP contribution in [0.5, 0.6) is 5.75 Å². The lowest BCUT2D eigenvalue weighted by molar-refractivity contribution is -0.121. The molecule has 0 saturated heterocycles. The Morgan fingerprint density at radius 3 is 2.42 bits per heavy atom. The number of benzene rings is 1. The van der Waals surface area contributed by atoms with Crippen LogP contribution in [0, 0.1) is 26.7 Å². The predicted molar refractivity (Wildman–Crippen MR) is 78.6 cm³/mol. The molecule has 0 aliphatic rings. The van der Waals surface area contributed by atoms with Crippen LogP contribution in [-0.4, -0.2) is 19.1 Å². The van der Waals surface area contributed by atoms with E-state index in [1.54, 1.807) is 0 Å². The molecule has 0 saturated carbocycles. The Morgan fingerprint density at radius 2 is 1.79 bits per heavy atom. The van der Waals surface area contributed by atoms with Gasteiger partial charge in [-0.1, -0.05) is 19.9 Å². The quantitative estimate of drug-likeness (QED) is 0.801. The van der Waals surface area contributed by atoms with Crippen molar-refractivity contribution in [3.8, 4) is 5.75 Å². The third kappa shape index (κ3) is 5.33. The summed E-state index contributed by atoms with van der Waals surface area (Å²) in [5.41, 5.74) is 3.64. The van der Waals surface area contributed by atoms with Crippen molar-refractivity contribution in [2.75, 3.05) is 13.2 Å². The molecule has 1 amide bonds. The number of carbonyl (C=O) groups excluding carboxylic acids is 1. The zero-order valence-corrected chi connectivity index (χ0v) is 12.7. The third-order valence-corrected chi connectivity index (χ3v) is 3.07. The molecule has 1 rings (SSSR count). The van der Waals surface area contributed by atoms with Gasteiger partial charge in [0.05, 0.1) is 6.54 Å². The highest BCUT2D eigenvalue weighted by Gasteiger charge is 2.05. The van der Waals surface area contributed by atoms with Gasteiger partial charge in [-0.3, -0.25) is 4.79 Å². The SMILES string of the molecule is Cc1cc(C)c(OCCNC(=O)CC(C)C)cc1C. The molecule has 0 unspecified atom stereocenters. The predicted octanol–water partition coefficient (Wildman–Crippen LogP) is 3.15. The van der Waals surface area contributed by atoms with Crippen molar-refractivity contribution in [1.82, 2.24) is 5.32 Å². The van der Waals surface area contributed by atoms with Crippen molar-refractivity contribution in [2.24, 2.45) is 5.92 Å². The maximum absolute atomic E-state index is 11.5. The molecule has 106 valence electrons. The van der Waals surface area contributed by atoms with Crippen molar-refractivity contribution < 1.29 is 9.53 Å². The molecule has 0 aromatic heterocycles. The molecule has 1 N–H and O–H groups in total. The van der Waals surface area contributed by atoms with E-state index in [4.69, 9.17) is 4.74 Å². The minimum absolute atomic E-state index is 0.0930. The van der Waals surface area contributed by atoms with Crippen molar-refractivity contribution >= 4 is 5.91 Å². The Kier molecular flexibility index (Phi) is 5.87. The summed E-state index contributed by atoms with van der Waals surface area (Å²) in [5, 5.41) is 2.87. The lowest BCUT2D eigenvalue weighted by Crippen LogP contribution is -2.28. The Morgan fingerprint density at radius 1 is 1.16 bits per heavy atom. The first kappa shape index (κ1) is 15.5. The second kappa shape index (κ2) is 7.17. The number of hydrogen-bond acceptors (Lipinski definition) is 2. The number of hydrogen-bond donors (Lipinski definition) is 1. The summed E-state index contributed by atoms with van der Waals surface area (Å²) in [6, 6.07) is 4.18. The van der Waals surface area contributed by atoms with Gasteiger partial charge in [0.1, 0.15) is 12.4 Å². The molecule has 1 aromatic carbocycles. The summed E-state index contributed by atoms with van der Waals surface area (Å²) in [4.78, 5) is 11.5. The van der Waals surface area contributed by atoms with Gasteiger partial charge in [0.2, 0.25) is 5.91 Å². The smallest absolute Gasteiger partial charge is 0.220 e. The first-order chi connectivity index (χ1) is 8.90. The molecular formula is C16H25NO2. The second-order valence-electron chi connectivity index (χ2n) is 5.50. The maximum Gasteiger partial charge on any atom is 0.220 e. The van der Waals surface area contributed by atoms with E-state index < -0.39 is 0 Å². The van der Waals surface area contributed by atoms with E-state index in [2.05, 4.69) is 31.3 Å². The molecule has 19 heavy (non-hydrogen) atoms. The zero-order chi connectivity index (χ0) is 14.4. The average Bonchev–Trinajstić information content (AvgIpc) is 2.30. The molecular weight excluding hydrogens is 238 g/mol. The van der Waals surface area contributed by atoms with Gasteiger partial charge in [-0.15, -0.1) is 0 Å². The number of aryl methyl sites for hydroxylation is 3. The van der Waals surface area contributed by atoms with Crippen LogP contribution in [0.15, 0.2) is 12.1 Å². The number of ether oxygens (including phenoxy) is 1. The third-order valence-electron chi connectivity index (χ3n) is 3.07. The van der Waals surface area contributed by atoms with Crippen LogP contribution >= 0.6 is 0 Å². The van der Waals surface area contributed by atoms with Gasteiger partial charge in [0.15, 0.2) is 0 Å². The number of carbonyl (C=O) groups is 1. The van der Waals surface area contributed by atoms with E-state index in [0.717, 1.165) is 11.3 Å². The number of rotatable bonds is 6. The highest BCUT2D eigenvalue weighted by molar-refractivity contribution is 5.75. The van der Waals surface area contributed by atoms with Crippen molar-refractivity contribution in [3.05, 3.63) is 28.8 Å². The largest absolute Gasteiger partial charge is 0.491 e. The molecule has 0 fully saturated rings. The molecule has 0 spiro atoms. The minimum Gasteiger partial charge on any atom is -0.491 e. The van der Waals surface area contributed by atoms with Gasteiger partial charge >= 0.3 is 0 Å². The Balaban J connectivity index is 2.38. The van der Waals surface area contributed by atoms with Crippen molar-refractivity contribution in [2.45, 2.75) is 41.0 Å². The zero-order valence-electron chi connectivity index (χ0n) is 12.7. The van der Waals surface area contributed by atoms with Gasteiger partial charge in [0, 0.05) is 6.42 Å². The molecule has 0 aliphatic heterocycles. The normalized spacial score (nSPS) is 10.6. The number of nitrogens with one attached hydrogen (secondary N) is 1. The molecule has 0 radical (unpaired) electrons. The van der Waals surface area contributed by atoms with E-state index in [1.165, 1.54) is 11.1 Å². The molecule has 0 aliphatic carbocycles. The van der Waals surface area contributed by atoms with Crippen molar-refractivity contribution in [3.63, 3.8) is 0 Å². The number of amides is 1. The maximum atomic E-state index is 11.5. The standard InChI is InChI=1S/C16H25NO2/c1-11(2)8-16(18)17-6-7-19-15-10-13(4)12(3)9-14(15)5/h9-11H,6-8H2,1-5H3,(H,17,18). The summed E-state index contributed by atoms with van der Waals surface area (Å²) in [6.45, 7) is 11.3. The first-order valence-electron chi connectivity index (χ1n) is 6.87. The van der Waals surface area contributed by atoms with E-state index in [1.807, 2.05) is 20.8 Å². The molecule has 0 atom stereocenters. The van der Waals surface area contributed by atoms with E-state index in [-0.39, 0.29) is 5.91 Å². The molecule has 1 aromatic rings. The Bertz CT molecular complexity index is 439. The van der Waals surface area contributed by atoms with E-state index in [9.17, 15) is 4.79 Å². The van der Waals surface area contributed by atoms with Gasteiger partial charge in [0.25, 0.3) is 0 Å². The summed E-state index contributed by atoms with van der Waals surface area (Å²) in [6.07, 6.45) is 0.572. The fourth-order valence-corrected chi connectivity index (χ4v) is 1.88. The van der Waals surface area contributed by atoms with Crippen LogP contribution in [0.1, 0.15) is 37.0 Å². The summed E-state index contributed by atoms with van der Waals surface area (Å²) in [7, 11) is 0. The average molecular weight is 263 g/mol. The summed E-state index contributed by atoms with van der Waals surface area (Å²) >= 11 is 0.